The number of benzene rings is 2. The molecular weight excluding hydrogens is 262 g/mol. The van der Waals surface area contributed by atoms with Gasteiger partial charge >= 0.3 is 6.03 Å². The van der Waals surface area contributed by atoms with E-state index in [0.29, 0.717) is 19.0 Å². The van der Waals surface area contributed by atoms with E-state index in [9.17, 15) is 4.79 Å². The summed E-state index contributed by atoms with van der Waals surface area (Å²) in [4.78, 5) is 11.9. The van der Waals surface area contributed by atoms with E-state index < -0.39 is 0 Å². The Morgan fingerprint density at radius 1 is 1.19 bits per heavy atom. The Hall–Kier alpha value is -2.07. The molecule has 1 unspecified atom stereocenters. The van der Waals surface area contributed by atoms with Crippen molar-refractivity contribution in [3.63, 3.8) is 0 Å². The van der Waals surface area contributed by atoms with Gasteiger partial charge in [0, 0.05) is 11.9 Å². The van der Waals surface area contributed by atoms with Crippen molar-refractivity contribution in [2.75, 3.05) is 18.4 Å². The highest BCUT2D eigenvalue weighted by Gasteiger charge is 2.05. The topological polar surface area (TPSA) is 67.1 Å². The van der Waals surface area contributed by atoms with Gasteiger partial charge in [-0.1, -0.05) is 43.3 Å². The summed E-state index contributed by atoms with van der Waals surface area (Å²) in [6.45, 7) is 3.49. The normalized spacial score (nSPS) is 12.1. The number of carbonyl (C=O) groups excluding carboxylic acids is 1. The van der Waals surface area contributed by atoms with Crippen LogP contribution in [0.2, 0.25) is 0 Å². The van der Waals surface area contributed by atoms with Gasteiger partial charge in [0.1, 0.15) is 0 Å². The largest absolute Gasteiger partial charge is 0.338 e. The highest BCUT2D eigenvalue weighted by molar-refractivity contribution is 6.01. The highest BCUT2D eigenvalue weighted by Crippen LogP contribution is 2.22. The molecule has 2 rings (SSSR count). The third-order valence-corrected chi connectivity index (χ3v) is 3.60. The van der Waals surface area contributed by atoms with Crippen LogP contribution < -0.4 is 16.4 Å². The summed E-state index contributed by atoms with van der Waals surface area (Å²) < 4.78 is 0. The molecular formula is C17H23N3O. The first-order chi connectivity index (χ1) is 10.2. The lowest BCUT2D eigenvalue weighted by Crippen LogP contribution is -2.30. The minimum Gasteiger partial charge on any atom is -0.338 e. The first-order valence-corrected chi connectivity index (χ1v) is 7.43. The molecule has 2 amide bonds. The van der Waals surface area contributed by atoms with E-state index >= 15 is 0 Å². The number of fused-ring (bicyclic) bond motifs is 1. The molecule has 0 aromatic heterocycles. The second-order valence-corrected chi connectivity index (χ2v) is 5.39. The average molecular weight is 285 g/mol. The van der Waals surface area contributed by atoms with Crippen molar-refractivity contribution in [1.82, 2.24) is 5.32 Å². The number of hydrogen-bond acceptors (Lipinski definition) is 2. The van der Waals surface area contributed by atoms with Gasteiger partial charge < -0.3 is 16.4 Å². The number of anilines is 1. The maximum Gasteiger partial charge on any atom is 0.319 e. The van der Waals surface area contributed by atoms with Crippen LogP contribution in [0.1, 0.15) is 19.8 Å². The van der Waals surface area contributed by atoms with Crippen LogP contribution in [0.4, 0.5) is 10.5 Å². The molecule has 4 nitrogen and oxygen atoms in total. The predicted molar refractivity (Wildman–Crippen MR) is 88.4 cm³/mol. The van der Waals surface area contributed by atoms with Crippen LogP contribution in [-0.4, -0.2) is 19.1 Å². The number of nitrogens with one attached hydrogen (secondary N) is 2. The zero-order valence-corrected chi connectivity index (χ0v) is 12.4. The van der Waals surface area contributed by atoms with E-state index in [1.807, 2.05) is 42.5 Å². The lowest BCUT2D eigenvalue weighted by Gasteiger charge is -2.11. The van der Waals surface area contributed by atoms with Crippen LogP contribution in [0.3, 0.4) is 0 Å². The van der Waals surface area contributed by atoms with E-state index in [0.717, 1.165) is 29.3 Å². The molecule has 112 valence electrons. The number of carbonyl (C=O) groups is 1. The van der Waals surface area contributed by atoms with E-state index in [-0.39, 0.29) is 6.03 Å². The number of nitrogens with two attached hydrogens (primary N) is 1. The molecule has 0 saturated heterocycles. The summed E-state index contributed by atoms with van der Waals surface area (Å²) >= 11 is 0. The predicted octanol–water partition coefficient (Wildman–Crippen LogP) is 3.34. The lowest BCUT2D eigenvalue weighted by atomic mass is 10.1. The highest BCUT2D eigenvalue weighted by atomic mass is 16.2. The van der Waals surface area contributed by atoms with Gasteiger partial charge in [0.25, 0.3) is 0 Å². The van der Waals surface area contributed by atoms with Crippen LogP contribution in [0.5, 0.6) is 0 Å². The summed E-state index contributed by atoms with van der Waals surface area (Å²) in [7, 11) is 0. The number of hydrogen-bond donors (Lipinski definition) is 3. The molecule has 0 aliphatic heterocycles. The van der Waals surface area contributed by atoms with E-state index in [4.69, 9.17) is 5.73 Å². The number of amides is 2. The molecule has 0 radical (unpaired) electrons. The van der Waals surface area contributed by atoms with Crippen molar-refractivity contribution in [3.8, 4) is 0 Å². The van der Waals surface area contributed by atoms with Crippen LogP contribution in [-0.2, 0) is 0 Å². The molecule has 0 spiro atoms. The third kappa shape index (κ3) is 4.46. The van der Waals surface area contributed by atoms with Crippen molar-refractivity contribution in [2.24, 2.45) is 11.7 Å². The summed E-state index contributed by atoms with van der Waals surface area (Å²) in [6.07, 6.45) is 1.98. The second kappa shape index (κ2) is 7.64. The minimum absolute atomic E-state index is 0.160. The fourth-order valence-corrected chi connectivity index (χ4v) is 2.27. The summed E-state index contributed by atoms with van der Waals surface area (Å²) in [6, 6.07) is 13.7. The fourth-order valence-electron chi connectivity index (χ4n) is 2.27. The van der Waals surface area contributed by atoms with Crippen LogP contribution in [0.15, 0.2) is 42.5 Å². The zero-order chi connectivity index (χ0) is 15.1. The zero-order valence-electron chi connectivity index (χ0n) is 12.4. The molecule has 0 saturated carbocycles. The van der Waals surface area contributed by atoms with Crippen LogP contribution in [0.25, 0.3) is 10.8 Å². The van der Waals surface area contributed by atoms with Crippen molar-refractivity contribution in [2.45, 2.75) is 19.8 Å². The smallest absolute Gasteiger partial charge is 0.319 e. The molecule has 0 aliphatic rings. The molecule has 2 aromatic carbocycles. The van der Waals surface area contributed by atoms with E-state index in [1.54, 1.807) is 0 Å². The molecule has 4 N–H and O–H groups in total. The monoisotopic (exact) mass is 285 g/mol. The second-order valence-electron chi connectivity index (χ2n) is 5.39. The molecule has 21 heavy (non-hydrogen) atoms. The Labute approximate surface area is 125 Å². The fraction of sp³-hybridized carbons (Fsp3) is 0.353. The van der Waals surface area contributed by atoms with E-state index in [2.05, 4.69) is 17.6 Å². The van der Waals surface area contributed by atoms with Gasteiger partial charge in [-0.25, -0.2) is 4.79 Å². The van der Waals surface area contributed by atoms with E-state index in [1.165, 1.54) is 0 Å². The van der Waals surface area contributed by atoms with Gasteiger partial charge in [0.15, 0.2) is 0 Å². The molecule has 0 heterocycles. The first kappa shape index (κ1) is 15.3. The lowest BCUT2D eigenvalue weighted by molar-refractivity contribution is 0.251. The number of urea groups is 1. The van der Waals surface area contributed by atoms with Gasteiger partial charge in [-0.3, -0.25) is 0 Å². The molecule has 0 fully saturated rings. The Kier molecular flexibility index (Phi) is 5.58. The third-order valence-electron chi connectivity index (χ3n) is 3.60. The quantitative estimate of drug-likeness (QED) is 0.713. The Morgan fingerprint density at radius 2 is 1.95 bits per heavy atom. The van der Waals surface area contributed by atoms with Crippen molar-refractivity contribution < 1.29 is 4.79 Å². The maximum absolute atomic E-state index is 11.9. The van der Waals surface area contributed by atoms with Gasteiger partial charge in [0.05, 0.1) is 5.69 Å². The van der Waals surface area contributed by atoms with Crippen LogP contribution >= 0.6 is 0 Å². The first-order valence-electron chi connectivity index (χ1n) is 7.43. The van der Waals surface area contributed by atoms with Crippen molar-refractivity contribution >= 4 is 22.5 Å². The van der Waals surface area contributed by atoms with Gasteiger partial charge in [-0.05, 0) is 36.8 Å². The molecule has 0 bridgehead atoms. The Bertz CT molecular complexity index is 592. The Balaban J connectivity index is 1.87. The minimum atomic E-state index is -0.160. The van der Waals surface area contributed by atoms with Gasteiger partial charge in [-0.15, -0.1) is 0 Å². The number of rotatable bonds is 6. The van der Waals surface area contributed by atoms with Crippen molar-refractivity contribution in [3.05, 3.63) is 42.5 Å². The maximum atomic E-state index is 11.9. The standard InChI is InChI=1S/C17H23N3O/c1-13(12-18)6-5-11-19-17(21)20-16-10-4-8-14-7-2-3-9-15(14)16/h2-4,7-10,13H,5-6,11-12,18H2,1H3,(H2,19,20,21). The summed E-state index contributed by atoms with van der Waals surface area (Å²) in [5.41, 5.74) is 6.40. The summed E-state index contributed by atoms with van der Waals surface area (Å²) in [5, 5.41) is 7.96. The Morgan fingerprint density at radius 3 is 2.76 bits per heavy atom. The van der Waals surface area contributed by atoms with Gasteiger partial charge in [-0.2, -0.15) is 0 Å². The molecule has 1 atom stereocenters. The average Bonchev–Trinajstić information content (AvgIpc) is 2.51. The van der Waals surface area contributed by atoms with Crippen LogP contribution in [0, 0.1) is 5.92 Å². The molecule has 2 aromatic rings. The van der Waals surface area contributed by atoms with Gasteiger partial charge in [0.2, 0.25) is 0 Å². The summed E-state index contributed by atoms with van der Waals surface area (Å²) in [5.74, 6) is 0.507. The molecule has 4 heteroatoms. The molecule has 0 aliphatic carbocycles. The van der Waals surface area contributed by atoms with Crippen molar-refractivity contribution in [1.29, 1.82) is 0 Å². The SMILES string of the molecule is CC(CN)CCCNC(=O)Nc1cccc2ccccc12.